The molecule has 2 aromatic carbocycles. The molecule has 2 aromatic rings. The Bertz CT molecular complexity index is 516. The van der Waals surface area contributed by atoms with Crippen LogP contribution in [0.15, 0.2) is 36.4 Å². The summed E-state index contributed by atoms with van der Waals surface area (Å²) in [5.41, 5.74) is 8.69. The summed E-state index contributed by atoms with van der Waals surface area (Å²) in [7, 11) is 0. The minimum absolute atomic E-state index is 0.606. The first-order valence-electron chi connectivity index (χ1n) is 7.05. The molecule has 1 heteroatoms. The van der Waals surface area contributed by atoms with Gasteiger partial charge < -0.3 is 5.73 Å². The number of benzene rings is 2. The second kappa shape index (κ2) is 5.90. The van der Waals surface area contributed by atoms with Crippen molar-refractivity contribution in [2.45, 2.75) is 45.4 Å². The summed E-state index contributed by atoms with van der Waals surface area (Å²) in [4.78, 5) is 0. The molecule has 96 valence electrons. The molecular formula is C17H23N. The number of nitrogen functional groups attached to an aromatic ring is 1. The standard InChI is InChI=1S/C17H23N/c1-3-5-8-13(4-2)16-12-11-14-9-6-7-10-15(14)17(16)18/h6-7,9-13H,3-5,8,18H2,1-2H3. The summed E-state index contributed by atoms with van der Waals surface area (Å²) in [6.45, 7) is 4.51. The zero-order valence-corrected chi connectivity index (χ0v) is 11.4. The van der Waals surface area contributed by atoms with Crippen LogP contribution in [0.2, 0.25) is 0 Å². The maximum absolute atomic E-state index is 6.37. The van der Waals surface area contributed by atoms with Crippen LogP contribution in [-0.4, -0.2) is 0 Å². The van der Waals surface area contributed by atoms with Gasteiger partial charge in [-0.25, -0.2) is 0 Å². The van der Waals surface area contributed by atoms with E-state index in [1.807, 2.05) is 0 Å². The van der Waals surface area contributed by atoms with E-state index < -0.39 is 0 Å². The molecule has 0 radical (unpaired) electrons. The van der Waals surface area contributed by atoms with Crippen LogP contribution < -0.4 is 5.73 Å². The second-order valence-electron chi connectivity index (χ2n) is 5.04. The van der Waals surface area contributed by atoms with Crippen LogP contribution in [0.3, 0.4) is 0 Å². The van der Waals surface area contributed by atoms with E-state index in [4.69, 9.17) is 5.73 Å². The third-order valence-electron chi connectivity index (χ3n) is 3.84. The van der Waals surface area contributed by atoms with Gasteiger partial charge in [-0.1, -0.05) is 63.1 Å². The highest BCUT2D eigenvalue weighted by molar-refractivity contribution is 5.94. The van der Waals surface area contributed by atoms with E-state index in [1.165, 1.54) is 42.0 Å². The fraction of sp³-hybridized carbons (Fsp3) is 0.412. The van der Waals surface area contributed by atoms with Crippen LogP contribution in [0.4, 0.5) is 5.69 Å². The third-order valence-corrected chi connectivity index (χ3v) is 3.84. The second-order valence-corrected chi connectivity index (χ2v) is 5.04. The zero-order valence-electron chi connectivity index (χ0n) is 11.4. The molecule has 0 spiro atoms. The Kier molecular flexibility index (Phi) is 4.24. The number of unbranched alkanes of at least 4 members (excludes halogenated alkanes) is 1. The summed E-state index contributed by atoms with van der Waals surface area (Å²) in [6.07, 6.45) is 4.95. The van der Waals surface area contributed by atoms with E-state index in [1.54, 1.807) is 0 Å². The van der Waals surface area contributed by atoms with Crippen molar-refractivity contribution in [2.24, 2.45) is 0 Å². The van der Waals surface area contributed by atoms with Crippen molar-refractivity contribution < 1.29 is 0 Å². The molecule has 0 aliphatic carbocycles. The molecule has 1 atom stereocenters. The summed E-state index contributed by atoms with van der Waals surface area (Å²) >= 11 is 0. The van der Waals surface area contributed by atoms with E-state index in [0.29, 0.717) is 5.92 Å². The van der Waals surface area contributed by atoms with Crippen molar-refractivity contribution in [1.29, 1.82) is 0 Å². The lowest BCUT2D eigenvalue weighted by atomic mass is 9.88. The highest BCUT2D eigenvalue weighted by atomic mass is 14.6. The van der Waals surface area contributed by atoms with Crippen LogP contribution in [0.5, 0.6) is 0 Å². The van der Waals surface area contributed by atoms with E-state index in [0.717, 1.165) is 5.69 Å². The van der Waals surface area contributed by atoms with Gasteiger partial charge >= 0.3 is 0 Å². The fourth-order valence-corrected chi connectivity index (χ4v) is 2.70. The van der Waals surface area contributed by atoms with E-state index >= 15 is 0 Å². The zero-order chi connectivity index (χ0) is 13.0. The molecule has 0 aliphatic rings. The van der Waals surface area contributed by atoms with Crippen LogP contribution in [0.1, 0.15) is 51.0 Å². The number of hydrogen-bond donors (Lipinski definition) is 1. The fourth-order valence-electron chi connectivity index (χ4n) is 2.70. The van der Waals surface area contributed by atoms with E-state index in [-0.39, 0.29) is 0 Å². The van der Waals surface area contributed by atoms with Crippen molar-refractivity contribution in [2.75, 3.05) is 5.73 Å². The van der Waals surface area contributed by atoms with Crippen molar-refractivity contribution >= 4 is 16.5 Å². The van der Waals surface area contributed by atoms with Gasteiger partial charge in [0.15, 0.2) is 0 Å². The molecule has 0 amide bonds. The largest absolute Gasteiger partial charge is 0.398 e. The minimum atomic E-state index is 0.606. The van der Waals surface area contributed by atoms with E-state index in [2.05, 4.69) is 50.2 Å². The van der Waals surface area contributed by atoms with Crippen LogP contribution in [0.25, 0.3) is 10.8 Å². The molecule has 0 saturated heterocycles. The molecule has 0 aliphatic heterocycles. The van der Waals surface area contributed by atoms with Gasteiger partial charge in [0.1, 0.15) is 0 Å². The highest BCUT2D eigenvalue weighted by Gasteiger charge is 2.13. The number of fused-ring (bicyclic) bond motifs is 1. The first-order chi connectivity index (χ1) is 8.77. The molecule has 0 fully saturated rings. The Balaban J connectivity index is 2.40. The van der Waals surface area contributed by atoms with Gasteiger partial charge in [0.25, 0.3) is 0 Å². The molecule has 0 aromatic heterocycles. The quantitative estimate of drug-likeness (QED) is 0.724. The van der Waals surface area contributed by atoms with Gasteiger partial charge in [-0.15, -0.1) is 0 Å². The highest BCUT2D eigenvalue weighted by Crippen LogP contribution is 2.34. The Morgan fingerprint density at radius 3 is 2.56 bits per heavy atom. The van der Waals surface area contributed by atoms with E-state index in [9.17, 15) is 0 Å². The maximum Gasteiger partial charge on any atom is 0.0429 e. The Labute approximate surface area is 110 Å². The Hall–Kier alpha value is -1.50. The van der Waals surface area contributed by atoms with Gasteiger partial charge in [0.2, 0.25) is 0 Å². The third kappa shape index (κ3) is 2.50. The SMILES string of the molecule is CCCCC(CC)c1ccc2ccccc2c1N. The topological polar surface area (TPSA) is 26.0 Å². The molecule has 18 heavy (non-hydrogen) atoms. The lowest BCUT2D eigenvalue weighted by Gasteiger charge is -2.18. The van der Waals surface area contributed by atoms with Crippen molar-refractivity contribution in [3.05, 3.63) is 42.0 Å². The summed E-state index contributed by atoms with van der Waals surface area (Å²) in [6, 6.07) is 12.8. The summed E-state index contributed by atoms with van der Waals surface area (Å²) in [5, 5.41) is 2.44. The predicted octanol–water partition coefficient (Wildman–Crippen LogP) is 5.11. The Morgan fingerprint density at radius 1 is 1.06 bits per heavy atom. The molecule has 0 saturated carbocycles. The average molecular weight is 241 g/mol. The van der Waals surface area contributed by atoms with Gasteiger partial charge in [-0.05, 0) is 29.7 Å². The van der Waals surface area contributed by atoms with Gasteiger partial charge in [0.05, 0.1) is 0 Å². The molecule has 2 rings (SSSR count). The molecule has 0 heterocycles. The number of rotatable bonds is 5. The molecule has 2 N–H and O–H groups in total. The van der Waals surface area contributed by atoms with Crippen molar-refractivity contribution in [3.63, 3.8) is 0 Å². The predicted molar refractivity (Wildman–Crippen MR) is 80.9 cm³/mol. The molecule has 1 unspecified atom stereocenters. The monoisotopic (exact) mass is 241 g/mol. The van der Waals surface area contributed by atoms with Crippen LogP contribution in [-0.2, 0) is 0 Å². The summed E-state index contributed by atoms with van der Waals surface area (Å²) < 4.78 is 0. The summed E-state index contributed by atoms with van der Waals surface area (Å²) in [5.74, 6) is 0.606. The lowest BCUT2D eigenvalue weighted by Crippen LogP contribution is -2.03. The van der Waals surface area contributed by atoms with Crippen LogP contribution >= 0.6 is 0 Å². The van der Waals surface area contributed by atoms with Crippen molar-refractivity contribution in [3.8, 4) is 0 Å². The van der Waals surface area contributed by atoms with Gasteiger partial charge in [-0.3, -0.25) is 0 Å². The molecule has 0 bridgehead atoms. The maximum atomic E-state index is 6.37. The smallest absolute Gasteiger partial charge is 0.0429 e. The number of hydrogen-bond acceptors (Lipinski definition) is 1. The Morgan fingerprint density at radius 2 is 1.83 bits per heavy atom. The van der Waals surface area contributed by atoms with Crippen LogP contribution in [0, 0.1) is 0 Å². The number of anilines is 1. The first kappa shape index (κ1) is 12.9. The van der Waals surface area contributed by atoms with Gasteiger partial charge in [-0.2, -0.15) is 0 Å². The van der Waals surface area contributed by atoms with Crippen molar-refractivity contribution in [1.82, 2.24) is 0 Å². The average Bonchev–Trinajstić information content (AvgIpc) is 2.42. The first-order valence-corrected chi connectivity index (χ1v) is 7.05. The lowest BCUT2D eigenvalue weighted by molar-refractivity contribution is 0.571. The number of nitrogens with two attached hydrogens (primary N) is 1. The van der Waals surface area contributed by atoms with Gasteiger partial charge in [0, 0.05) is 11.1 Å². The minimum Gasteiger partial charge on any atom is -0.398 e. The molecular weight excluding hydrogens is 218 g/mol. The normalized spacial score (nSPS) is 12.8. The molecule has 1 nitrogen and oxygen atoms in total.